The maximum absolute atomic E-state index is 5.46. The van der Waals surface area contributed by atoms with E-state index in [-0.39, 0.29) is 0 Å². The van der Waals surface area contributed by atoms with Crippen molar-refractivity contribution < 1.29 is 4.74 Å². The Labute approximate surface area is 130 Å². The molecule has 0 radical (unpaired) electrons. The topological polar surface area (TPSA) is 9.23 Å². The molecule has 0 aliphatic heterocycles. The zero-order valence-electron chi connectivity index (χ0n) is 13.7. The smallest absolute Gasteiger partial charge is 0.0716 e. The molecular weight excluding hydrogens is 256 g/mol. The van der Waals surface area contributed by atoms with Crippen molar-refractivity contribution in [2.24, 2.45) is 5.92 Å². The van der Waals surface area contributed by atoms with Crippen LogP contribution in [0.25, 0.3) is 0 Å². The molecule has 0 spiro atoms. The van der Waals surface area contributed by atoms with Gasteiger partial charge in [0.25, 0.3) is 0 Å². The van der Waals surface area contributed by atoms with Crippen molar-refractivity contribution in [3.63, 3.8) is 0 Å². The van der Waals surface area contributed by atoms with Gasteiger partial charge in [0.05, 0.1) is 6.61 Å². The van der Waals surface area contributed by atoms with Gasteiger partial charge < -0.3 is 4.74 Å². The van der Waals surface area contributed by atoms with E-state index in [1.807, 2.05) is 6.92 Å². The predicted octanol–water partition coefficient (Wildman–Crippen LogP) is 5.85. The summed E-state index contributed by atoms with van der Waals surface area (Å²) in [7, 11) is 0. The molecule has 0 aromatic heterocycles. The van der Waals surface area contributed by atoms with Gasteiger partial charge in [-0.1, -0.05) is 49.8 Å². The molecule has 21 heavy (non-hydrogen) atoms. The molecule has 1 aliphatic rings. The van der Waals surface area contributed by atoms with Crippen LogP contribution in [0.15, 0.2) is 36.4 Å². The van der Waals surface area contributed by atoms with E-state index >= 15 is 0 Å². The second-order valence-corrected chi connectivity index (χ2v) is 6.21. The monoisotopic (exact) mass is 286 g/mol. The van der Waals surface area contributed by atoms with E-state index in [4.69, 9.17) is 4.74 Å². The van der Waals surface area contributed by atoms with Crippen molar-refractivity contribution >= 4 is 0 Å². The lowest BCUT2D eigenvalue weighted by molar-refractivity contribution is 0.134. The first kappa shape index (κ1) is 16.3. The molecule has 1 aromatic rings. The van der Waals surface area contributed by atoms with Crippen LogP contribution in [0, 0.1) is 5.92 Å². The van der Waals surface area contributed by atoms with Gasteiger partial charge in [-0.2, -0.15) is 0 Å². The Morgan fingerprint density at radius 2 is 1.76 bits per heavy atom. The summed E-state index contributed by atoms with van der Waals surface area (Å²) >= 11 is 0. The lowest BCUT2D eigenvalue weighted by atomic mass is 9.78. The van der Waals surface area contributed by atoms with Crippen LogP contribution in [0.1, 0.15) is 69.4 Å². The van der Waals surface area contributed by atoms with Crippen LogP contribution in [0.4, 0.5) is 0 Å². The molecule has 1 nitrogen and oxygen atoms in total. The number of allylic oxidation sites excluding steroid dienone is 2. The molecular formula is C20H30O. The quantitative estimate of drug-likeness (QED) is 0.571. The third-order valence-electron chi connectivity index (χ3n) is 4.56. The lowest BCUT2D eigenvalue weighted by Gasteiger charge is -2.27. The largest absolute Gasteiger partial charge is 0.377 e. The molecule has 1 fully saturated rings. The van der Waals surface area contributed by atoms with Crippen molar-refractivity contribution in [1.82, 2.24) is 0 Å². The molecule has 0 atom stereocenters. The summed E-state index contributed by atoms with van der Waals surface area (Å²) in [6, 6.07) is 9.09. The average molecular weight is 286 g/mol. The second-order valence-electron chi connectivity index (χ2n) is 6.21. The molecule has 1 aliphatic carbocycles. The van der Waals surface area contributed by atoms with Gasteiger partial charge in [0.15, 0.2) is 0 Å². The number of rotatable bonds is 7. The average Bonchev–Trinajstić information content (AvgIpc) is 2.54. The summed E-state index contributed by atoms with van der Waals surface area (Å²) in [5, 5.41) is 0. The first-order chi connectivity index (χ1) is 10.3. The normalized spacial score (nSPS) is 22.8. The number of benzene rings is 1. The standard InChI is InChI=1S/C20H30O/c1-3-5-6-7-17-8-12-19(13-9-17)20-14-10-18(11-15-20)16-21-4-2/h6-7,10-11,14-15,17,19H,3-5,8-9,12-13,16H2,1-2H3/b7-6+. The van der Waals surface area contributed by atoms with Gasteiger partial charge in [-0.25, -0.2) is 0 Å². The zero-order chi connectivity index (χ0) is 14.9. The van der Waals surface area contributed by atoms with E-state index in [1.165, 1.54) is 49.7 Å². The van der Waals surface area contributed by atoms with Crippen LogP contribution in [0.5, 0.6) is 0 Å². The molecule has 0 bridgehead atoms. The van der Waals surface area contributed by atoms with Gasteiger partial charge in [-0.3, -0.25) is 0 Å². The minimum absolute atomic E-state index is 0.742. The third-order valence-corrected chi connectivity index (χ3v) is 4.56. The van der Waals surface area contributed by atoms with Crippen LogP contribution >= 0.6 is 0 Å². The highest BCUT2D eigenvalue weighted by atomic mass is 16.5. The predicted molar refractivity (Wildman–Crippen MR) is 90.5 cm³/mol. The minimum Gasteiger partial charge on any atom is -0.377 e. The molecule has 1 saturated carbocycles. The van der Waals surface area contributed by atoms with Crippen LogP contribution < -0.4 is 0 Å². The first-order valence-electron chi connectivity index (χ1n) is 8.66. The van der Waals surface area contributed by atoms with E-state index in [0.717, 1.165) is 25.0 Å². The summed E-state index contributed by atoms with van der Waals surface area (Å²) in [6.45, 7) is 5.82. The van der Waals surface area contributed by atoms with Crippen LogP contribution in [-0.4, -0.2) is 6.61 Å². The Bertz CT molecular complexity index is 410. The van der Waals surface area contributed by atoms with Gasteiger partial charge in [0, 0.05) is 6.61 Å². The van der Waals surface area contributed by atoms with Gasteiger partial charge in [0.1, 0.15) is 0 Å². The number of unbranched alkanes of at least 4 members (excludes halogenated alkanes) is 1. The molecule has 0 N–H and O–H groups in total. The Morgan fingerprint density at radius 1 is 1.05 bits per heavy atom. The molecule has 0 unspecified atom stereocenters. The molecule has 0 amide bonds. The summed E-state index contributed by atoms with van der Waals surface area (Å²) < 4.78 is 5.46. The number of ether oxygens (including phenoxy) is 1. The first-order valence-corrected chi connectivity index (χ1v) is 8.66. The van der Waals surface area contributed by atoms with E-state index in [1.54, 1.807) is 0 Å². The fourth-order valence-electron chi connectivity index (χ4n) is 3.21. The van der Waals surface area contributed by atoms with E-state index in [9.17, 15) is 0 Å². The van der Waals surface area contributed by atoms with Crippen LogP contribution in [-0.2, 0) is 11.3 Å². The summed E-state index contributed by atoms with van der Waals surface area (Å²) in [6.07, 6.45) is 12.7. The van der Waals surface area contributed by atoms with Gasteiger partial charge in [-0.05, 0) is 62.0 Å². The SMILES string of the molecule is CCC/C=C/C1CCC(c2ccc(COCC)cc2)CC1. The third kappa shape index (κ3) is 5.32. The Morgan fingerprint density at radius 3 is 2.38 bits per heavy atom. The second kappa shape index (κ2) is 9.04. The zero-order valence-corrected chi connectivity index (χ0v) is 13.7. The van der Waals surface area contributed by atoms with Crippen molar-refractivity contribution in [2.45, 2.75) is 64.9 Å². The molecule has 1 aromatic carbocycles. The summed E-state index contributed by atoms with van der Waals surface area (Å²) in [5.74, 6) is 1.59. The molecule has 116 valence electrons. The van der Waals surface area contributed by atoms with E-state index in [2.05, 4.69) is 43.3 Å². The molecule has 1 heteroatoms. The maximum atomic E-state index is 5.46. The summed E-state index contributed by atoms with van der Waals surface area (Å²) in [5.41, 5.74) is 2.81. The Kier molecular flexibility index (Phi) is 7.02. The van der Waals surface area contributed by atoms with E-state index < -0.39 is 0 Å². The highest BCUT2D eigenvalue weighted by Crippen LogP contribution is 2.36. The molecule has 0 saturated heterocycles. The fourth-order valence-corrected chi connectivity index (χ4v) is 3.21. The van der Waals surface area contributed by atoms with Gasteiger partial charge in [-0.15, -0.1) is 0 Å². The Balaban J connectivity index is 1.81. The van der Waals surface area contributed by atoms with Gasteiger partial charge >= 0.3 is 0 Å². The van der Waals surface area contributed by atoms with Crippen molar-refractivity contribution in [3.8, 4) is 0 Å². The fraction of sp³-hybridized carbons (Fsp3) is 0.600. The Hall–Kier alpha value is -1.08. The van der Waals surface area contributed by atoms with Crippen LogP contribution in [0.2, 0.25) is 0 Å². The highest BCUT2D eigenvalue weighted by Gasteiger charge is 2.20. The van der Waals surface area contributed by atoms with Crippen molar-refractivity contribution in [3.05, 3.63) is 47.5 Å². The minimum atomic E-state index is 0.742. The van der Waals surface area contributed by atoms with Gasteiger partial charge in [0.2, 0.25) is 0 Å². The van der Waals surface area contributed by atoms with Crippen LogP contribution in [0.3, 0.4) is 0 Å². The molecule has 0 heterocycles. The highest BCUT2D eigenvalue weighted by molar-refractivity contribution is 5.25. The summed E-state index contributed by atoms with van der Waals surface area (Å²) in [4.78, 5) is 0. The van der Waals surface area contributed by atoms with E-state index in [0.29, 0.717) is 0 Å². The number of hydrogen-bond donors (Lipinski definition) is 0. The van der Waals surface area contributed by atoms with Crippen molar-refractivity contribution in [2.75, 3.05) is 6.61 Å². The maximum Gasteiger partial charge on any atom is 0.0716 e. The number of hydrogen-bond acceptors (Lipinski definition) is 1. The van der Waals surface area contributed by atoms with Crippen molar-refractivity contribution in [1.29, 1.82) is 0 Å². The lowest BCUT2D eigenvalue weighted by Crippen LogP contribution is -2.11. The molecule has 2 rings (SSSR count).